The van der Waals surface area contributed by atoms with E-state index >= 15 is 0 Å². The van der Waals surface area contributed by atoms with Gasteiger partial charge in [0.05, 0.1) is 0 Å². The van der Waals surface area contributed by atoms with E-state index < -0.39 is 0 Å². The van der Waals surface area contributed by atoms with Gasteiger partial charge in [0.2, 0.25) is 0 Å². The first-order valence-corrected chi connectivity index (χ1v) is 7.12. The van der Waals surface area contributed by atoms with Gasteiger partial charge in [0, 0.05) is 17.6 Å². The molecule has 19 heavy (non-hydrogen) atoms. The third-order valence-corrected chi connectivity index (χ3v) is 3.35. The van der Waals surface area contributed by atoms with Gasteiger partial charge >= 0.3 is 0 Å². The van der Waals surface area contributed by atoms with Crippen molar-refractivity contribution in [3.05, 3.63) is 35.9 Å². The summed E-state index contributed by atoms with van der Waals surface area (Å²) in [6.45, 7) is 11.6. The van der Waals surface area contributed by atoms with Gasteiger partial charge in [0.25, 0.3) is 0 Å². The maximum absolute atomic E-state index is 6.02. The Balaban J connectivity index is 2.59. The van der Waals surface area contributed by atoms with Crippen molar-refractivity contribution in [3.63, 3.8) is 0 Å². The summed E-state index contributed by atoms with van der Waals surface area (Å²) in [5.41, 5.74) is 1.30. The van der Waals surface area contributed by atoms with Crippen molar-refractivity contribution in [3.8, 4) is 5.75 Å². The summed E-state index contributed by atoms with van der Waals surface area (Å²) < 4.78 is 6.02. The highest BCUT2D eigenvalue weighted by Gasteiger charge is 2.16. The average molecular weight is 261 g/mol. The van der Waals surface area contributed by atoms with Crippen molar-refractivity contribution in [2.75, 3.05) is 6.54 Å². The minimum absolute atomic E-state index is 0.150. The third kappa shape index (κ3) is 5.48. The van der Waals surface area contributed by atoms with Crippen molar-refractivity contribution in [1.29, 1.82) is 0 Å². The monoisotopic (exact) mass is 261 g/mol. The second-order valence-corrected chi connectivity index (χ2v) is 5.58. The first-order chi connectivity index (χ1) is 8.98. The summed E-state index contributed by atoms with van der Waals surface area (Å²) >= 11 is 0. The van der Waals surface area contributed by atoms with E-state index in [0.717, 1.165) is 24.3 Å². The molecule has 0 radical (unpaired) electrons. The summed E-state index contributed by atoms with van der Waals surface area (Å²) in [5, 5.41) is 3.54. The lowest BCUT2D eigenvalue weighted by Gasteiger charge is -2.27. The Hall–Kier alpha value is -1.28. The van der Waals surface area contributed by atoms with E-state index in [2.05, 4.69) is 45.2 Å². The van der Waals surface area contributed by atoms with E-state index in [1.807, 2.05) is 31.2 Å². The van der Waals surface area contributed by atoms with Crippen molar-refractivity contribution in [2.24, 2.45) is 0 Å². The van der Waals surface area contributed by atoms with Gasteiger partial charge in [-0.15, -0.1) is 0 Å². The van der Waals surface area contributed by atoms with Crippen LogP contribution in [0.5, 0.6) is 5.75 Å². The summed E-state index contributed by atoms with van der Waals surface area (Å²) in [6, 6.07) is 8.14. The van der Waals surface area contributed by atoms with E-state index in [1.165, 1.54) is 0 Å². The second kappa shape index (κ2) is 7.34. The van der Waals surface area contributed by atoms with E-state index in [0.29, 0.717) is 0 Å². The molecule has 0 aliphatic heterocycles. The second-order valence-electron chi connectivity index (χ2n) is 5.58. The fourth-order valence-corrected chi connectivity index (χ4v) is 1.71. The SMILES string of the molecule is CC=Cc1ccccc1OC(C)CNC(C)(C)CC. The van der Waals surface area contributed by atoms with Gasteiger partial charge < -0.3 is 10.1 Å². The molecule has 2 nitrogen and oxygen atoms in total. The lowest BCUT2D eigenvalue weighted by atomic mass is 10.0. The highest BCUT2D eigenvalue weighted by atomic mass is 16.5. The quantitative estimate of drug-likeness (QED) is 0.791. The van der Waals surface area contributed by atoms with Gasteiger partial charge in [-0.05, 0) is 40.2 Å². The normalized spacial score (nSPS) is 13.7. The largest absolute Gasteiger partial charge is 0.489 e. The number of benzene rings is 1. The lowest BCUT2D eigenvalue weighted by molar-refractivity contribution is 0.198. The van der Waals surface area contributed by atoms with Crippen LogP contribution in [0.3, 0.4) is 0 Å². The molecular formula is C17H27NO. The van der Waals surface area contributed by atoms with Crippen LogP contribution in [-0.2, 0) is 0 Å². The zero-order valence-electron chi connectivity index (χ0n) is 12.9. The molecule has 0 saturated carbocycles. The van der Waals surface area contributed by atoms with Gasteiger partial charge in [-0.2, -0.15) is 0 Å². The molecule has 1 aromatic carbocycles. The van der Waals surface area contributed by atoms with Gasteiger partial charge in [0.15, 0.2) is 0 Å². The van der Waals surface area contributed by atoms with E-state index in [9.17, 15) is 0 Å². The van der Waals surface area contributed by atoms with E-state index in [4.69, 9.17) is 4.74 Å². The molecular weight excluding hydrogens is 234 g/mol. The molecule has 1 atom stereocenters. The standard InChI is InChI=1S/C17H27NO/c1-6-10-15-11-8-9-12-16(15)19-14(3)13-18-17(4,5)7-2/h6,8-12,14,18H,7,13H2,1-5H3. The predicted octanol–water partition coefficient (Wildman–Crippen LogP) is 4.27. The smallest absolute Gasteiger partial charge is 0.126 e. The number of allylic oxidation sites excluding steroid dienone is 1. The van der Waals surface area contributed by atoms with Gasteiger partial charge in [-0.1, -0.05) is 37.3 Å². The van der Waals surface area contributed by atoms with Crippen molar-refractivity contribution in [2.45, 2.75) is 52.7 Å². The molecule has 0 fully saturated rings. The number of hydrogen-bond acceptors (Lipinski definition) is 2. The van der Waals surface area contributed by atoms with E-state index in [1.54, 1.807) is 0 Å². The minimum atomic E-state index is 0.150. The molecule has 0 aliphatic carbocycles. The summed E-state index contributed by atoms with van der Waals surface area (Å²) in [4.78, 5) is 0. The molecule has 0 saturated heterocycles. The maximum atomic E-state index is 6.02. The number of ether oxygens (including phenoxy) is 1. The number of nitrogens with one attached hydrogen (secondary N) is 1. The highest BCUT2D eigenvalue weighted by molar-refractivity contribution is 5.56. The molecule has 2 heteroatoms. The fraction of sp³-hybridized carbons (Fsp3) is 0.529. The van der Waals surface area contributed by atoms with Crippen LogP contribution in [0.4, 0.5) is 0 Å². The van der Waals surface area contributed by atoms with Crippen LogP contribution in [-0.4, -0.2) is 18.2 Å². The van der Waals surface area contributed by atoms with Crippen LogP contribution in [0.15, 0.2) is 30.3 Å². The zero-order chi connectivity index (χ0) is 14.3. The lowest BCUT2D eigenvalue weighted by Crippen LogP contribution is -2.43. The molecule has 106 valence electrons. The predicted molar refractivity (Wildman–Crippen MR) is 83.6 cm³/mol. The molecule has 0 bridgehead atoms. The van der Waals surface area contributed by atoms with Crippen LogP contribution < -0.4 is 10.1 Å². The van der Waals surface area contributed by atoms with Crippen LogP contribution in [0.1, 0.15) is 46.6 Å². The van der Waals surface area contributed by atoms with Gasteiger partial charge in [-0.25, -0.2) is 0 Å². The van der Waals surface area contributed by atoms with E-state index in [-0.39, 0.29) is 11.6 Å². The molecule has 0 aromatic heterocycles. The first-order valence-electron chi connectivity index (χ1n) is 7.12. The summed E-state index contributed by atoms with van der Waals surface area (Å²) in [5.74, 6) is 0.948. The molecule has 1 rings (SSSR count). The van der Waals surface area contributed by atoms with Gasteiger partial charge in [-0.3, -0.25) is 0 Å². The van der Waals surface area contributed by atoms with Crippen LogP contribution in [0, 0.1) is 0 Å². The maximum Gasteiger partial charge on any atom is 0.126 e. The molecule has 0 amide bonds. The molecule has 0 aliphatic rings. The van der Waals surface area contributed by atoms with Crippen LogP contribution >= 0.6 is 0 Å². The van der Waals surface area contributed by atoms with Crippen molar-refractivity contribution < 1.29 is 4.74 Å². The summed E-state index contributed by atoms with van der Waals surface area (Å²) in [7, 11) is 0. The molecule has 1 N–H and O–H groups in total. The molecule has 0 heterocycles. The third-order valence-electron chi connectivity index (χ3n) is 3.35. The number of hydrogen-bond donors (Lipinski definition) is 1. The number of rotatable bonds is 7. The zero-order valence-corrected chi connectivity index (χ0v) is 12.9. The Morgan fingerprint density at radius 1 is 1.32 bits per heavy atom. The minimum Gasteiger partial charge on any atom is -0.489 e. The topological polar surface area (TPSA) is 21.3 Å². The Kier molecular flexibility index (Phi) is 6.10. The van der Waals surface area contributed by atoms with Gasteiger partial charge in [0.1, 0.15) is 11.9 Å². The average Bonchev–Trinajstić information content (AvgIpc) is 2.39. The van der Waals surface area contributed by atoms with Crippen molar-refractivity contribution >= 4 is 6.08 Å². The molecule has 1 unspecified atom stereocenters. The molecule has 1 aromatic rings. The summed E-state index contributed by atoms with van der Waals surface area (Å²) in [6.07, 6.45) is 5.36. The Morgan fingerprint density at radius 2 is 2.00 bits per heavy atom. The Labute approximate surface area is 117 Å². The molecule has 0 spiro atoms. The van der Waals surface area contributed by atoms with Crippen molar-refractivity contribution in [1.82, 2.24) is 5.32 Å². The highest BCUT2D eigenvalue weighted by Crippen LogP contribution is 2.20. The van der Waals surface area contributed by atoms with Crippen LogP contribution in [0.25, 0.3) is 6.08 Å². The van der Waals surface area contributed by atoms with Crippen LogP contribution in [0.2, 0.25) is 0 Å². The Morgan fingerprint density at radius 3 is 2.63 bits per heavy atom. The number of para-hydroxylation sites is 1. The Bertz CT molecular complexity index is 409. The first kappa shape index (κ1) is 15.8. The fourth-order valence-electron chi connectivity index (χ4n) is 1.71.